The lowest BCUT2D eigenvalue weighted by Gasteiger charge is -2.51. The second-order valence-electron chi connectivity index (χ2n) is 7.00. The van der Waals surface area contributed by atoms with Gasteiger partial charge in [-0.15, -0.1) is 0 Å². The zero-order valence-corrected chi connectivity index (χ0v) is 12.7. The Hall–Kier alpha value is -0.0400. The van der Waals surface area contributed by atoms with Gasteiger partial charge in [0.2, 0.25) is 0 Å². The Morgan fingerprint density at radius 1 is 1.24 bits per heavy atom. The molecule has 17 heavy (non-hydrogen) atoms. The highest BCUT2D eigenvalue weighted by Crippen LogP contribution is 2.52. The summed E-state index contributed by atoms with van der Waals surface area (Å²) in [5.41, 5.74) is 0.321. The lowest BCUT2D eigenvalue weighted by atomic mass is 9.55. The molecule has 102 valence electrons. The number of rotatable bonds is 4. The Balaban J connectivity index is 2.96. The van der Waals surface area contributed by atoms with Crippen LogP contribution in [0.4, 0.5) is 0 Å². The molecule has 1 nitrogen and oxygen atoms in total. The minimum Gasteiger partial charge on any atom is -0.393 e. The van der Waals surface area contributed by atoms with E-state index in [0.29, 0.717) is 11.3 Å². The third-order valence-corrected chi connectivity index (χ3v) is 5.47. The van der Waals surface area contributed by atoms with E-state index in [0.717, 1.165) is 30.6 Å². The first-order chi connectivity index (χ1) is 7.82. The van der Waals surface area contributed by atoms with Crippen LogP contribution < -0.4 is 0 Å². The smallest absolute Gasteiger partial charge is 0.0545 e. The quantitative estimate of drug-likeness (QED) is 0.767. The fourth-order valence-corrected chi connectivity index (χ4v) is 4.37. The summed E-state index contributed by atoms with van der Waals surface area (Å²) in [5, 5.41) is 10.0. The summed E-state index contributed by atoms with van der Waals surface area (Å²) in [6.07, 6.45) is 4.38. The first kappa shape index (κ1) is 15.0. The van der Waals surface area contributed by atoms with Crippen molar-refractivity contribution in [3.63, 3.8) is 0 Å². The molecule has 1 aliphatic rings. The van der Waals surface area contributed by atoms with Gasteiger partial charge in [-0.05, 0) is 48.3 Å². The van der Waals surface area contributed by atoms with Gasteiger partial charge in [0.15, 0.2) is 0 Å². The van der Waals surface area contributed by atoms with Crippen LogP contribution in [0, 0.1) is 29.1 Å². The van der Waals surface area contributed by atoms with Crippen LogP contribution in [-0.2, 0) is 0 Å². The van der Waals surface area contributed by atoms with E-state index >= 15 is 0 Å². The number of hydrogen-bond acceptors (Lipinski definition) is 1. The fraction of sp³-hybridized carbons (Fsp3) is 1.00. The largest absolute Gasteiger partial charge is 0.393 e. The van der Waals surface area contributed by atoms with E-state index in [1.54, 1.807) is 0 Å². The van der Waals surface area contributed by atoms with E-state index < -0.39 is 0 Å². The molecule has 0 spiro atoms. The summed E-state index contributed by atoms with van der Waals surface area (Å²) in [6.45, 7) is 14.2. The molecule has 1 N–H and O–H groups in total. The van der Waals surface area contributed by atoms with Crippen molar-refractivity contribution in [2.75, 3.05) is 0 Å². The van der Waals surface area contributed by atoms with Gasteiger partial charge in [0.1, 0.15) is 0 Å². The van der Waals surface area contributed by atoms with Crippen molar-refractivity contribution in [1.29, 1.82) is 0 Å². The van der Waals surface area contributed by atoms with Crippen LogP contribution in [0.25, 0.3) is 0 Å². The molecular weight excluding hydrogens is 208 g/mol. The lowest BCUT2D eigenvalue weighted by molar-refractivity contribution is -0.0543. The van der Waals surface area contributed by atoms with Crippen molar-refractivity contribution < 1.29 is 5.11 Å². The third-order valence-electron chi connectivity index (χ3n) is 5.47. The molecule has 1 saturated carbocycles. The highest BCUT2D eigenvalue weighted by atomic mass is 16.3. The van der Waals surface area contributed by atoms with Crippen LogP contribution in [0.3, 0.4) is 0 Å². The van der Waals surface area contributed by atoms with Crippen LogP contribution in [0.5, 0.6) is 0 Å². The second kappa shape index (κ2) is 5.73. The van der Waals surface area contributed by atoms with Gasteiger partial charge in [0.05, 0.1) is 6.10 Å². The second-order valence-corrected chi connectivity index (χ2v) is 7.00. The van der Waals surface area contributed by atoms with Gasteiger partial charge in [0.25, 0.3) is 0 Å². The summed E-state index contributed by atoms with van der Waals surface area (Å²) in [6, 6.07) is 0. The van der Waals surface area contributed by atoms with E-state index in [2.05, 4.69) is 41.5 Å². The molecule has 0 bridgehead atoms. The molecule has 5 atom stereocenters. The van der Waals surface area contributed by atoms with Crippen molar-refractivity contribution in [1.82, 2.24) is 0 Å². The summed E-state index contributed by atoms with van der Waals surface area (Å²) in [7, 11) is 0. The average molecular weight is 240 g/mol. The average Bonchev–Trinajstić information content (AvgIpc) is 2.23. The maximum absolute atomic E-state index is 10.0. The van der Waals surface area contributed by atoms with Crippen LogP contribution in [0.2, 0.25) is 0 Å². The van der Waals surface area contributed by atoms with Crippen molar-refractivity contribution in [3.8, 4) is 0 Å². The van der Waals surface area contributed by atoms with Gasteiger partial charge in [-0.3, -0.25) is 0 Å². The predicted molar refractivity (Wildman–Crippen MR) is 74.9 cm³/mol. The predicted octanol–water partition coefficient (Wildman–Crippen LogP) is 4.49. The van der Waals surface area contributed by atoms with E-state index in [1.807, 2.05) is 0 Å². The molecule has 0 saturated heterocycles. The topological polar surface area (TPSA) is 20.2 Å². The van der Waals surface area contributed by atoms with E-state index in [-0.39, 0.29) is 6.10 Å². The summed E-state index contributed by atoms with van der Waals surface area (Å²) in [5.74, 6) is 2.94. The fourth-order valence-electron chi connectivity index (χ4n) is 4.37. The Labute approximate surface area is 108 Å². The maximum atomic E-state index is 10.0. The molecule has 1 heteroatoms. The van der Waals surface area contributed by atoms with Gasteiger partial charge in [0, 0.05) is 0 Å². The van der Waals surface area contributed by atoms with Crippen molar-refractivity contribution in [3.05, 3.63) is 0 Å². The third kappa shape index (κ3) is 3.05. The monoisotopic (exact) mass is 240 g/mol. The van der Waals surface area contributed by atoms with Crippen molar-refractivity contribution in [2.24, 2.45) is 29.1 Å². The van der Waals surface area contributed by atoms with Crippen LogP contribution in [-0.4, -0.2) is 11.2 Å². The molecule has 5 unspecified atom stereocenters. The van der Waals surface area contributed by atoms with E-state index in [1.165, 1.54) is 12.8 Å². The van der Waals surface area contributed by atoms with Crippen LogP contribution in [0.1, 0.15) is 67.2 Å². The first-order valence-corrected chi connectivity index (χ1v) is 7.51. The standard InChI is InChI=1S/C16H32O/c1-7-12(4)15(11(2)3)16(6)10-14(17)9-8-13(16)5/h11-15,17H,7-10H2,1-6H3. The Morgan fingerprint density at radius 3 is 2.29 bits per heavy atom. The number of aliphatic hydroxyl groups is 1. The van der Waals surface area contributed by atoms with E-state index in [4.69, 9.17) is 0 Å². The van der Waals surface area contributed by atoms with Crippen LogP contribution in [0.15, 0.2) is 0 Å². The lowest BCUT2D eigenvalue weighted by Crippen LogP contribution is -2.45. The Morgan fingerprint density at radius 2 is 1.82 bits per heavy atom. The van der Waals surface area contributed by atoms with Gasteiger partial charge in [-0.1, -0.05) is 48.0 Å². The number of hydrogen-bond donors (Lipinski definition) is 1. The number of aliphatic hydroxyl groups excluding tert-OH is 1. The van der Waals surface area contributed by atoms with Crippen molar-refractivity contribution >= 4 is 0 Å². The molecule has 0 heterocycles. The molecule has 0 aromatic rings. The Kier molecular flexibility index (Phi) is 5.07. The molecule has 0 amide bonds. The van der Waals surface area contributed by atoms with E-state index in [9.17, 15) is 5.11 Å². The first-order valence-electron chi connectivity index (χ1n) is 7.51. The van der Waals surface area contributed by atoms with Crippen LogP contribution >= 0.6 is 0 Å². The van der Waals surface area contributed by atoms with Gasteiger partial charge >= 0.3 is 0 Å². The minimum absolute atomic E-state index is 0.0680. The Bertz CT molecular complexity index is 236. The zero-order valence-electron chi connectivity index (χ0n) is 12.7. The maximum Gasteiger partial charge on any atom is 0.0545 e. The molecule has 1 aliphatic carbocycles. The summed E-state index contributed by atoms with van der Waals surface area (Å²) in [4.78, 5) is 0. The molecule has 0 radical (unpaired) electrons. The normalized spacial score (nSPS) is 38.1. The van der Waals surface area contributed by atoms with Gasteiger partial charge in [-0.25, -0.2) is 0 Å². The summed E-state index contributed by atoms with van der Waals surface area (Å²) < 4.78 is 0. The van der Waals surface area contributed by atoms with Crippen molar-refractivity contribution in [2.45, 2.75) is 73.3 Å². The molecule has 1 fully saturated rings. The zero-order chi connectivity index (χ0) is 13.2. The molecular formula is C16H32O. The SMILES string of the molecule is CCC(C)C(C(C)C)C1(C)CC(O)CCC1C. The minimum atomic E-state index is -0.0680. The van der Waals surface area contributed by atoms with Gasteiger partial charge in [-0.2, -0.15) is 0 Å². The molecule has 1 rings (SSSR count). The molecule has 0 aliphatic heterocycles. The molecule has 0 aromatic heterocycles. The highest BCUT2D eigenvalue weighted by Gasteiger charge is 2.45. The molecule has 0 aromatic carbocycles. The highest BCUT2D eigenvalue weighted by molar-refractivity contribution is 4.95. The summed E-state index contributed by atoms with van der Waals surface area (Å²) >= 11 is 0. The van der Waals surface area contributed by atoms with Gasteiger partial charge < -0.3 is 5.11 Å².